The number of H-pyrrole nitrogens is 1. The Morgan fingerprint density at radius 2 is 1.88 bits per heavy atom. The fraction of sp³-hybridized carbons (Fsp3) is 0.238. The highest BCUT2D eigenvalue weighted by Crippen LogP contribution is 2.26. The van der Waals surface area contributed by atoms with Gasteiger partial charge in [0.05, 0.1) is 12.5 Å². The van der Waals surface area contributed by atoms with Crippen LogP contribution in [0.4, 0.5) is 5.69 Å². The lowest BCUT2D eigenvalue weighted by Crippen LogP contribution is -2.34. The van der Waals surface area contributed by atoms with Gasteiger partial charge in [0.15, 0.2) is 0 Å². The van der Waals surface area contributed by atoms with Crippen molar-refractivity contribution < 1.29 is 9.59 Å². The molecule has 0 aliphatic carbocycles. The molecule has 0 saturated carbocycles. The van der Waals surface area contributed by atoms with Crippen molar-refractivity contribution in [2.24, 2.45) is 5.92 Å². The van der Waals surface area contributed by atoms with Crippen LogP contribution in [0.3, 0.4) is 0 Å². The van der Waals surface area contributed by atoms with Gasteiger partial charge in [-0.3, -0.25) is 9.59 Å². The zero-order valence-electron chi connectivity index (χ0n) is 14.7. The van der Waals surface area contributed by atoms with Crippen LogP contribution in [0.25, 0.3) is 10.9 Å². The number of aromatic nitrogens is 1. The molecular weight excluding hydrogens is 326 g/mol. The Bertz CT molecular complexity index is 915. The minimum atomic E-state index is -0.294. The average molecular weight is 347 g/mol. The highest BCUT2D eigenvalue weighted by Gasteiger charge is 2.36. The summed E-state index contributed by atoms with van der Waals surface area (Å²) in [6, 6.07) is 19.6. The summed E-state index contributed by atoms with van der Waals surface area (Å²) in [5.74, 6) is -0.277. The molecule has 1 fully saturated rings. The zero-order chi connectivity index (χ0) is 18.1. The van der Waals surface area contributed by atoms with Crippen LogP contribution in [0.1, 0.15) is 12.1 Å². The van der Waals surface area contributed by atoms with Crippen molar-refractivity contribution in [3.05, 3.63) is 66.4 Å². The van der Waals surface area contributed by atoms with Crippen LogP contribution in [0.15, 0.2) is 60.7 Å². The third-order valence-electron chi connectivity index (χ3n) is 4.91. The number of nitrogens with one attached hydrogen (secondary N) is 1. The van der Waals surface area contributed by atoms with Crippen LogP contribution in [0, 0.1) is 5.92 Å². The van der Waals surface area contributed by atoms with Crippen molar-refractivity contribution in [3.63, 3.8) is 0 Å². The third kappa shape index (κ3) is 3.08. The number of anilines is 1. The maximum atomic E-state index is 12.8. The predicted molar refractivity (Wildman–Crippen MR) is 102 cm³/mol. The fourth-order valence-corrected chi connectivity index (χ4v) is 3.59. The summed E-state index contributed by atoms with van der Waals surface area (Å²) in [6.45, 7) is 0.947. The standard InChI is InChI=1S/C21H21N3O2/c1-23(14-17-11-15-7-5-6-10-19(15)22-17)21(26)16-12-20(25)24(13-16)18-8-3-2-4-9-18/h2-11,16,22H,12-14H2,1H3. The fourth-order valence-electron chi connectivity index (χ4n) is 3.59. The molecule has 1 aromatic heterocycles. The molecule has 0 bridgehead atoms. The van der Waals surface area contributed by atoms with Gasteiger partial charge in [-0.2, -0.15) is 0 Å². The number of hydrogen-bond donors (Lipinski definition) is 1. The maximum Gasteiger partial charge on any atom is 0.228 e. The van der Waals surface area contributed by atoms with Crippen molar-refractivity contribution in [3.8, 4) is 0 Å². The van der Waals surface area contributed by atoms with Gasteiger partial charge in [0.2, 0.25) is 11.8 Å². The summed E-state index contributed by atoms with van der Waals surface area (Å²) in [5, 5.41) is 1.13. The molecule has 5 heteroatoms. The van der Waals surface area contributed by atoms with Crippen LogP contribution in [-0.2, 0) is 16.1 Å². The van der Waals surface area contributed by atoms with Crippen molar-refractivity contribution in [2.75, 3.05) is 18.5 Å². The molecule has 3 aromatic rings. The SMILES string of the molecule is CN(Cc1cc2ccccc2[nH]1)C(=O)C1CC(=O)N(c2ccccc2)C1. The van der Waals surface area contributed by atoms with E-state index in [0.717, 1.165) is 22.3 Å². The summed E-state index contributed by atoms with van der Waals surface area (Å²) in [4.78, 5) is 31.9. The number of carbonyl (C=O) groups is 2. The first-order valence-electron chi connectivity index (χ1n) is 8.79. The van der Waals surface area contributed by atoms with Crippen molar-refractivity contribution in [1.82, 2.24) is 9.88 Å². The first-order valence-corrected chi connectivity index (χ1v) is 8.79. The zero-order valence-corrected chi connectivity index (χ0v) is 14.7. The summed E-state index contributed by atoms with van der Waals surface area (Å²) in [7, 11) is 1.80. The molecule has 1 atom stereocenters. The minimum absolute atomic E-state index is 0.00793. The maximum absolute atomic E-state index is 12.8. The molecule has 1 saturated heterocycles. The Kier molecular flexibility index (Phi) is 4.21. The molecule has 1 N–H and O–H groups in total. The van der Waals surface area contributed by atoms with E-state index in [4.69, 9.17) is 0 Å². The quantitative estimate of drug-likeness (QED) is 0.788. The van der Waals surface area contributed by atoms with E-state index in [0.29, 0.717) is 13.1 Å². The van der Waals surface area contributed by atoms with Crippen LogP contribution < -0.4 is 4.90 Å². The summed E-state index contributed by atoms with van der Waals surface area (Å²) in [5.41, 5.74) is 2.91. The first-order chi connectivity index (χ1) is 12.6. The van der Waals surface area contributed by atoms with E-state index in [9.17, 15) is 9.59 Å². The molecule has 1 aliphatic heterocycles. The molecule has 26 heavy (non-hydrogen) atoms. The van der Waals surface area contributed by atoms with Crippen molar-refractivity contribution in [1.29, 1.82) is 0 Å². The van der Waals surface area contributed by atoms with Crippen LogP contribution in [0.2, 0.25) is 0 Å². The normalized spacial score (nSPS) is 17.0. The molecule has 0 spiro atoms. The van der Waals surface area contributed by atoms with Gasteiger partial charge in [-0.25, -0.2) is 0 Å². The number of aromatic amines is 1. The van der Waals surface area contributed by atoms with Gasteiger partial charge in [-0.15, -0.1) is 0 Å². The number of nitrogens with zero attached hydrogens (tertiary/aromatic N) is 2. The van der Waals surface area contributed by atoms with E-state index < -0.39 is 0 Å². The summed E-state index contributed by atoms with van der Waals surface area (Å²) < 4.78 is 0. The third-order valence-corrected chi connectivity index (χ3v) is 4.91. The molecule has 4 rings (SSSR count). The number of hydrogen-bond acceptors (Lipinski definition) is 2. The predicted octanol–water partition coefficient (Wildman–Crippen LogP) is 3.18. The van der Waals surface area contributed by atoms with Gasteiger partial charge >= 0.3 is 0 Å². The van der Waals surface area contributed by atoms with E-state index in [1.54, 1.807) is 16.8 Å². The summed E-state index contributed by atoms with van der Waals surface area (Å²) in [6.07, 6.45) is 0.269. The topological polar surface area (TPSA) is 56.4 Å². The molecule has 2 amide bonds. The van der Waals surface area contributed by atoms with Gasteiger partial charge in [0, 0.05) is 36.9 Å². The Balaban J connectivity index is 1.44. The van der Waals surface area contributed by atoms with E-state index in [1.807, 2.05) is 54.6 Å². The van der Waals surface area contributed by atoms with Gasteiger partial charge in [-0.1, -0.05) is 36.4 Å². The molecule has 1 aliphatic rings. The van der Waals surface area contributed by atoms with Gasteiger partial charge in [0.1, 0.15) is 0 Å². The Morgan fingerprint density at radius 1 is 1.15 bits per heavy atom. The molecular formula is C21H21N3O2. The molecule has 132 valence electrons. The van der Waals surface area contributed by atoms with Crippen molar-refractivity contribution in [2.45, 2.75) is 13.0 Å². The number of fused-ring (bicyclic) bond motifs is 1. The molecule has 2 aromatic carbocycles. The van der Waals surface area contributed by atoms with Crippen LogP contribution >= 0.6 is 0 Å². The Hall–Kier alpha value is -3.08. The van der Waals surface area contributed by atoms with Gasteiger partial charge < -0.3 is 14.8 Å². The van der Waals surface area contributed by atoms with Crippen molar-refractivity contribution >= 4 is 28.4 Å². The highest BCUT2D eigenvalue weighted by atomic mass is 16.2. The average Bonchev–Trinajstić information content (AvgIpc) is 3.24. The van der Waals surface area contributed by atoms with E-state index in [2.05, 4.69) is 11.1 Å². The van der Waals surface area contributed by atoms with Gasteiger partial charge in [-0.05, 0) is 29.7 Å². The van der Waals surface area contributed by atoms with Crippen LogP contribution in [-0.4, -0.2) is 35.3 Å². The molecule has 2 heterocycles. The highest BCUT2D eigenvalue weighted by molar-refractivity contribution is 6.00. The van der Waals surface area contributed by atoms with Crippen LogP contribution in [0.5, 0.6) is 0 Å². The number of para-hydroxylation sites is 2. The van der Waals surface area contributed by atoms with E-state index in [1.165, 1.54) is 0 Å². The smallest absolute Gasteiger partial charge is 0.228 e. The first kappa shape index (κ1) is 16.4. The molecule has 1 unspecified atom stereocenters. The molecule has 5 nitrogen and oxygen atoms in total. The lowest BCUT2D eigenvalue weighted by Gasteiger charge is -2.21. The number of rotatable bonds is 4. The minimum Gasteiger partial charge on any atom is -0.357 e. The van der Waals surface area contributed by atoms with E-state index in [-0.39, 0.29) is 24.2 Å². The second kappa shape index (κ2) is 6.67. The largest absolute Gasteiger partial charge is 0.357 e. The monoisotopic (exact) mass is 347 g/mol. The van der Waals surface area contributed by atoms with Gasteiger partial charge in [0.25, 0.3) is 0 Å². The number of carbonyl (C=O) groups excluding carboxylic acids is 2. The lowest BCUT2D eigenvalue weighted by molar-refractivity contribution is -0.135. The number of amides is 2. The Morgan fingerprint density at radius 3 is 2.65 bits per heavy atom. The second-order valence-electron chi connectivity index (χ2n) is 6.82. The lowest BCUT2D eigenvalue weighted by atomic mass is 10.1. The second-order valence-corrected chi connectivity index (χ2v) is 6.82. The Labute approximate surface area is 152 Å². The number of benzene rings is 2. The van der Waals surface area contributed by atoms with E-state index >= 15 is 0 Å². The summed E-state index contributed by atoms with van der Waals surface area (Å²) >= 11 is 0. The molecule has 0 radical (unpaired) electrons.